The van der Waals surface area contributed by atoms with Crippen LogP contribution < -0.4 is 4.74 Å². The van der Waals surface area contributed by atoms with E-state index in [1.807, 2.05) is 36.4 Å². The average molecular weight is 353 g/mol. The summed E-state index contributed by atoms with van der Waals surface area (Å²) in [5.41, 5.74) is 0.681. The quantitative estimate of drug-likeness (QED) is 0.874. The molecule has 0 atom stereocenters. The van der Waals surface area contributed by atoms with Gasteiger partial charge in [-0.2, -0.15) is 0 Å². The number of aliphatic carboxylic acids is 1. The maximum absolute atomic E-state index is 10.8. The van der Waals surface area contributed by atoms with Gasteiger partial charge in [0, 0.05) is 19.8 Å². The van der Waals surface area contributed by atoms with Gasteiger partial charge in [0.05, 0.1) is 13.5 Å². The van der Waals surface area contributed by atoms with E-state index >= 15 is 0 Å². The largest absolute Gasteiger partial charge is 0.496 e. The summed E-state index contributed by atoms with van der Waals surface area (Å²) >= 11 is 5.01. The summed E-state index contributed by atoms with van der Waals surface area (Å²) in [7, 11) is 1.55. The second-order valence-corrected chi connectivity index (χ2v) is 6.16. The monoisotopic (exact) mass is 352 g/mol. The molecule has 0 aliphatic rings. The Balaban J connectivity index is 2.20. The third-order valence-corrected chi connectivity index (χ3v) is 4.18. The molecule has 2 rings (SSSR count). The standard InChI is InChI=1S/C15H13BrO3S/c1-19-14-9-13(5-2-10(14)8-15(17)18)20-12-6-3-11(16)4-7-12/h2-7,9H,8H2,1H3,(H,17,18). The first-order chi connectivity index (χ1) is 9.58. The fourth-order valence-electron chi connectivity index (χ4n) is 1.74. The van der Waals surface area contributed by atoms with Crippen molar-refractivity contribution < 1.29 is 14.6 Å². The van der Waals surface area contributed by atoms with Gasteiger partial charge in [-0.15, -0.1) is 0 Å². The molecule has 0 saturated carbocycles. The molecule has 1 N–H and O–H groups in total. The Morgan fingerprint density at radius 2 is 1.85 bits per heavy atom. The van der Waals surface area contributed by atoms with Crippen molar-refractivity contribution in [2.75, 3.05) is 7.11 Å². The molecule has 0 radical (unpaired) electrons. The van der Waals surface area contributed by atoms with Crippen molar-refractivity contribution in [3.8, 4) is 5.75 Å². The van der Waals surface area contributed by atoms with Gasteiger partial charge in [0.2, 0.25) is 0 Å². The van der Waals surface area contributed by atoms with Gasteiger partial charge in [-0.05, 0) is 36.4 Å². The zero-order valence-electron chi connectivity index (χ0n) is 10.8. The maximum Gasteiger partial charge on any atom is 0.307 e. The first-order valence-corrected chi connectivity index (χ1v) is 7.51. The molecule has 0 heterocycles. The number of halogens is 1. The number of carboxylic acid groups (broad SMARTS) is 1. The van der Waals surface area contributed by atoms with Gasteiger partial charge in [-0.1, -0.05) is 33.8 Å². The van der Waals surface area contributed by atoms with Crippen LogP contribution in [0.5, 0.6) is 5.75 Å². The van der Waals surface area contributed by atoms with E-state index in [4.69, 9.17) is 9.84 Å². The highest BCUT2D eigenvalue weighted by Gasteiger charge is 2.09. The highest BCUT2D eigenvalue weighted by Crippen LogP contribution is 2.32. The predicted octanol–water partition coefficient (Wildman–Crippen LogP) is 4.24. The normalized spacial score (nSPS) is 10.3. The van der Waals surface area contributed by atoms with E-state index in [2.05, 4.69) is 15.9 Å². The molecule has 0 spiro atoms. The van der Waals surface area contributed by atoms with Crippen molar-refractivity contribution >= 4 is 33.7 Å². The summed E-state index contributed by atoms with van der Waals surface area (Å²) < 4.78 is 6.30. The summed E-state index contributed by atoms with van der Waals surface area (Å²) in [6.45, 7) is 0. The molecule has 20 heavy (non-hydrogen) atoms. The second-order valence-electron chi connectivity index (χ2n) is 4.10. The lowest BCUT2D eigenvalue weighted by Gasteiger charge is -2.09. The smallest absolute Gasteiger partial charge is 0.307 e. The molecule has 0 unspecified atom stereocenters. The molecular weight excluding hydrogens is 340 g/mol. The molecule has 0 amide bonds. The lowest BCUT2D eigenvalue weighted by Crippen LogP contribution is -2.02. The number of rotatable bonds is 5. The van der Waals surface area contributed by atoms with E-state index in [0.29, 0.717) is 11.3 Å². The number of methoxy groups -OCH3 is 1. The fourth-order valence-corrected chi connectivity index (χ4v) is 2.85. The minimum Gasteiger partial charge on any atom is -0.496 e. The molecule has 5 heteroatoms. The van der Waals surface area contributed by atoms with Crippen LogP contribution in [-0.4, -0.2) is 18.2 Å². The van der Waals surface area contributed by atoms with E-state index in [1.54, 1.807) is 24.9 Å². The second kappa shape index (κ2) is 6.81. The minimum absolute atomic E-state index is 0.0353. The van der Waals surface area contributed by atoms with Crippen LogP contribution in [-0.2, 0) is 11.2 Å². The van der Waals surface area contributed by atoms with Gasteiger partial charge >= 0.3 is 5.97 Å². The molecule has 104 valence electrons. The van der Waals surface area contributed by atoms with E-state index in [9.17, 15) is 4.79 Å². The molecule has 0 aromatic heterocycles. The number of benzene rings is 2. The SMILES string of the molecule is COc1cc(Sc2ccc(Br)cc2)ccc1CC(=O)O. The highest BCUT2D eigenvalue weighted by molar-refractivity contribution is 9.10. The lowest BCUT2D eigenvalue weighted by atomic mass is 10.1. The van der Waals surface area contributed by atoms with E-state index in [1.165, 1.54) is 0 Å². The maximum atomic E-state index is 10.8. The number of hydrogen-bond acceptors (Lipinski definition) is 3. The zero-order valence-corrected chi connectivity index (χ0v) is 13.2. The predicted molar refractivity (Wildman–Crippen MR) is 82.6 cm³/mol. The Hall–Kier alpha value is -1.46. The Morgan fingerprint density at radius 3 is 2.45 bits per heavy atom. The molecule has 0 fully saturated rings. The van der Waals surface area contributed by atoms with Crippen molar-refractivity contribution in [3.05, 3.63) is 52.5 Å². The number of carboxylic acids is 1. The van der Waals surface area contributed by atoms with Gasteiger partial charge < -0.3 is 9.84 Å². The van der Waals surface area contributed by atoms with Crippen LogP contribution in [0.4, 0.5) is 0 Å². The number of ether oxygens (including phenoxy) is 1. The molecule has 0 aliphatic carbocycles. The van der Waals surface area contributed by atoms with Crippen molar-refractivity contribution in [2.24, 2.45) is 0 Å². The van der Waals surface area contributed by atoms with E-state index in [-0.39, 0.29) is 6.42 Å². The van der Waals surface area contributed by atoms with Crippen LogP contribution in [0, 0.1) is 0 Å². The van der Waals surface area contributed by atoms with Crippen LogP contribution in [0.2, 0.25) is 0 Å². The van der Waals surface area contributed by atoms with Crippen LogP contribution in [0.15, 0.2) is 56.7 Å². The molecule has 0 aliphatic heterocycles. The van der Waals surface area contributed by atoms with Gasteiger partial charge in [0.25, 0.3) is 0 Å². The number of carbonyl (C=O) groups is 1. The van der Waals surface area contributed by atoms with E-state index in [0.717, 1.165) is 14.3 Å². The molecule has 2 aromatic rings. The summed E-state index contributed by atoms with van der Waals surface area (Å²) in [4.78, 5) is 12.9. The van der Waals surface area contributed by atoms with Crippen LogP contribution in [0.25, 0.3) is 0 Å². The van der Waals surface area contributed by atoms with Crippen LogP contribution in [0.1, 0.15) is 5.56 Å². The van der Waals surface area contributed by atoms with Crippen LogP contribution >= 0.6 is 27.7 Å². The summed E-state index contributed by atoms with van der Waals surface area (Å²) in [5, 5.41) is 8.85. The van der Waals surface area contributed by atoms with Gasteiger partial charge in [-0.3, -0.25) is 4.79 Å². The summed E-state index contributed by atoms with van der Waals surface area (Å²) in [6, 6.07) is 13.6. The molecule has 0 bridgehead atoms. The molecule has 0 saturated heterocycles. The third kappa shape index (κ3) is 4.02. The topological polar surface area (TPSA) is 46.5 Å². The Morgan fingerprint density at radius 1 is 1.20 bits per heavy atom. The van der Waals surface area contributed by atoms with Crippen LogP contribution in [0.3, 0.4) is 0 Å². The van der Waals surface area contributed by atoms with Gasteiger partial charge in [0.1, 0.15) is 5.75 Å². The summed E-state index contributed by atoms with van der Waals surface area (Å²) in [5.74, 6) is -0.258. The summed E-state index contributed by atoms with van der Waals surface area (Å²) in [6.07, 6.45) is -0.0353. The van der Waals surface area contributed by atoms with Gasteiger partial charge in [0.15, 0.2) is 0 Å². The van der Waals surface area contributed by atoms with Crippen molar-refractivity contribution in [3.63, 3.8) is 0 Å². The Labute approximate surface area is 130 Å². The lowest BCUT2D eigenvalue weighted by molar-refractivity contribution is -0.136. The van der Waals surface area contributed by atoms with Crippen molar-refractivity contribution in [1.82, 2.24) is 0 Å². The zero-order chi connectivity index (χ0) is 14.5. The molecular formula is C15H13BrO3S. The Kier molecular flexibility index (Phi) is 5.09. The Bertz CT molecular complexity index is 611. The van der Waals surface area contributed by atoms with Gasteiger partial charge in [-0.25, -0.2) is 0 Å². The highest BCUT2D eigenvalue weighted by atomic mass is 79.9. The fraction of sp³-hybridized carbons (Fsp3) is 0.133. The van der Waals surface area contributed by atoms with Crippen molar-refractivity contribution in [1.29, 1.82) is 0 Å². The third-order valence-electron chi connectivity index (χ3n) is 2.65. The molecule has 2 aromatic carbocycles. The first kappa shape index (κ1) is 14.9. The minimum atomic E-state index is -0.864. The van der Waals surface area contributed by atoms with E-state index < -0.39 is 5.97 Å². The average Bonchev–Trinajstić information content (AvgIpc) is 2.42. The molecule has 3 nitrogen and oxygen atoms in total. The van der Waals surface area contributed by atoms with Crippen molar-refractivity contribution in [2.45, 2.75) is 16.2 Å². The number of hydrogen-bond donors (Lipinski definition) is 1. The first-order valence-electron chi connectivity index (χ1n) is 5.90.